The lowest BCUT2D eigenvalue weighted by Gasteiger charge is -2.22. The average Bonchev–Trinajstić information content (AvgIpc) is 3.77. The number of aliphatic hydroxyl groups excluding tert-OH is 2. The predicted molar refractivity (Wildman–Crippen MR) is 141 cm³/mol. The Morgan fingerprint density at radius 3 is 2.80 bits per heavy atom. The van der Waals surface area contributed by atoms with Gasteiger partial charge >= 0.3 is 6.09 Å². The molecule has 4 heterocycles. The third kappa shape index (κ3) is 5.74. The van der Waals surface area contributed by atoms with Crippen molar-refractivity contribution in [1.29, 1.82) is 0 Å². The van der Waals surface area contributed by atoms with Gasteiger partial charge in [0, 0.05) is 6.61 Å². The van der Waals surface area contributed by atoms with Crippen molar-refractivity contribution in [3.63, 3.8) is 0 Å². The highest BCUT2D eigenvalue weighted by molar-refractivity contribution is 5.82. The fourth-order valence-corrected chi connectivity index (χ4v) is 5.50. The summed E-state index contributed by atoms with van der Waals surface area (Å²) in [5.74, 6) is 0.557. The van der Waals surface area contributed by atoms with Crippen LogP contribution in [0.2, 0.25) is 0 Å². The third-order valence-corrected chi connectivity index (χ3v) is 7.68. The van der Waals surface area contributed by atoms with E-state index in [-0.39, 0.29) is 24.8 Å². The quantitative estimate of drug-likeness (QED) is 0.303. The van der Waals surface area contributed by atoms with Crippen LogP contribution in [-0.2, 0) is 25.6 Å². The number of aliphatic hydroxyl groups is 2. The van der Waals surface area contributed by atoms with Gasteiger partial charge in [0.2, 0.25) is 0 Å². The maximum Gasteiger partial charge on any atom is 0.407 e. The zero-order valence-electron chi connectivity index (χ0n) is 22.0. The van der Waals surface area contributed by atoms with Gasteiger partial charge in [-0.25, -0.2) is 19.7 Å². The first-order valence-electron chi connectivity index (χ1n) is 13.7. The Bertz CT molecular complexity index is 1290. The number of nitrogens with one attached hydrogen (secondary N) is 2. The van der Waals surface area contributed by atoms with Gasteiger partial charge in [0.25, 0.3) is 0 Å². The summed E-state index contributed by atoms with van der Waals surface area (Å²) in [5.41, 5.74) is 2.03. The number of benzene rings is 1. The molecule has 1 aliphatic carbocycles. The first kappa shape index (κ1) is 26.8. The van der Waals surface area contributed by atoms with Gasteiger partial charge in [-0.2, -0.15) is 0 Å². The molecule has 1 amide bonds. The monoisotopic (exact) mass is 554 g/mol. The number of amides is 1. The maximum absolute atomic E-state index is 12.6. The summed E-state index contributed by atoms with van der Waals surface area (Å²) in [5, 5.41) is 27.6. The molecule has 3 fully saturated rings. The van der Waals surface area contributed by atoms with Crippen LogP contribution in [0.15, 0.2) is 43.0 Å². The van der Waals surface area contributed by atoms with Crippen LogP contribution in [0.1, 0.15) is 37.5 Å². The second-order valence-electron chi connectivity index (χ2n) is 10.4. The van der Waals surface area contributed by atoms with Crippen LogP contribution in [0.25, 0.3) is 11.2 Å². The Balaban J connectivity index is 1.03. The molecule has 214 valence electrons. The van der Waals surface area contributed by atoms with E-state index in [9.17, 15) is 15.0 Å². The number of anilines is 1. The molecule has 7 atom stereocenters. The van der Waals surface area contributed by atoms with Crippen molar-refractivity contribution in [3.05, 3.63) is 48.5 Å². The molecule has 0 radical (unpaired) electrons. The Labute approximate surface area is 230 Å². The van der Waals surface area contributed by atoms with Crippen LogP contribution in [0.3, 0.4) is 0 Å². The number of hydrogen-bond donors (Lipinski definition) is 4. The van der Waals surface area contributed by atoms with Gasteiger partial charge < -0.3 is 39.8 Å². The molecule has 1 saturated carbocycles. The highest BCUT2D eigenvalue weighted by Crippen LogP contribution is 2.33. The van der Waals surface area contributed by atoms with Crippen LogP contribution >= 0.6 is 0 Å². The number of carbonyl (C=O) groups excluding carboxylic acids is 1. The number of imidazole rings is 1. The van der Waals surface area contributed by atoms with Gasteiger partial charge in [0.1, 0.15) is 31.2 Å². The molecule has 13 nitrogen and oxygen atoms in total. The normalized spacial score (nSPS) is 30.1. The Kier molecular flexibility index (Phi) is 8.07. The standard InChI is InChI=1S/C27H34N6O7/c34-22-20(13-39-27(36)32-18-7-4-8-19(18)38-11-16-5-2-1-3-6-16)40-26(23(22)35)33-15-30-21-24(28-14-29-25(21)33)31-17-9-10-37-12-17/h1-3,5-6,14-15,17-20,22-23,26,34-35H,4,7-13H2,(H,32,36)(H,28,29,31). The number of carbonyl (C=O) groups is 1. The first-order valence-corrected chi connectivity index (χ1v) is 13.7. The minimum Gasteiger partial charge on any atom is -0.447 e. The summed E-state index contributed by atoms with van der Waals surface area (Å²) in [7, 11) is 0. The van der Waals surface area contributed by atoms with Crippen molar-refractivity contribution in [2.45, 2.75) is 75.0 Å². The van der Waals surface area contributed by atoms with E-state index in [0.717, 1.165) is 31.2 Å². The molecule has 3 aliphatic rings. The third-order valence-electron chi connectivity index (χ3n) is 7.68. The van der Waals surface area contributed by atoms with Gasteiger partial charge in [0.15, 0.2) is 23.2 Å². The van der Waals surface area contributed by atoms with Crippen molar-refractivity contribution in [3.8, 4) is 0 Å². The second-order valence-corrected chi connectivity index (χ2v) is 10.4. The van der Waals surface area contributed by atoms with Crippen molar-refractivity contribution >= 4 is 23.1 Å². The molecule has 2 aromatic heterocycles. The molecule has 40 heavy (non-hydrogen) atoms. The van der Waals surface area contributed by atoms with E-state index in [1.54, 1.807) is 4.57 Å². The molecule has 13 heteroatoms. The summed E-state index contributed by atoms with van der Waals surface area (Å²) in [6.45, 7) is 1.50. The van der Waals surface area contributed by atoms with Crippen molar-refractivity contribution < 1.29 is 34.0 Å². The lowest BCUT2D eigenvalue weighted by Crippen LogP contribution is -2.43. The lowest BCUT2D eigenvalue weighted by molar-refractivity contribution is -0.0540. The zero-order valence-corrected chi connectivity index (χ0v) is 22.0. The van der Waals surface area contributed by atoms with E-state index in [0.29, 0.717) is 36.8 Å². The van der Waals surface area contributed by atoms with Crippen LogP contribution in [-0.4, -0.2) is 92.1 Å². The molecule has 6 rings (SSSR count). The zero-order chi connectivity index (χ0) is 27.5. The van der Waals surface area contributed by atoms with E-state index >= 15 is 0 Å². The van der Waals surface area contributed by atoms with E-state index in [1.165, 1.54) is 12.7 Å². The summed E-state index contributed by atoms with van der Waals surface area (Å²) >= 11 is 0. The number of aromatic nitrogens is 4. The fourth-order valence-electron chi connectivity index (χ4n) is 5.50. The predicted octanol–water partition coefficient (Wildman–Crippen LogP) is 1.51. The Morgan fingerprint density at radius 1 is 1.10 bits per heavy atom. The number of alkyl carbamates (subject to hydrolysis) is 1. The minimum absolute atomic E-state index is 0.107. The van der Waals surface area contributed by atoms with Crippen LogP contribution in [0.5, 0.6) is 0 Å². The highest BCUT2D eigenvalue weighted by Gasteiger charge is 2.45. The lowest BCUT2D eigenvalue weighted by atomic mass is 10.1. The minimum atomic E-state index is -1.28. The molecule has 1 aromatic carbocycles. The van der Waals surface area contributed by atoms with Crippen LogP contribution in [0.4, 0.5) is 10.6 Å². The topological polar surface area (TPSA) is 162 Å². The fraction of sp³-hybridized carbons (Fsp3) is 0.556. The van der Waals surface area contributed by atoms with Gasteiger partial charge in [-0.1, -0.05) is 30.3 Å². The van der Waals surface area contributed by atoms with E-state index in [2.05, 4.69) is 25.6 Å². The molecular weight excluding hydrogens is 520 g/mol. The van der Waals surface area contributed by atoms with Crippen LogP contribution < -0.4 is 10.6 Å². The second kappa shape index (κ2) is 12.0. The summed E-state index contributed by atoms with van der Waals surface area (Å²) in [6.07, 6.45) is 1.13. The molecule has 4 N–H and O–H groups in total. The summed E-state index contributed by atoms with van der Waals surface area (Å²) < 4.78 is 24.3. The average molecular weight is 555 g/mol. The number of hydrogen-bond acceptors (Lipinski definition) is 11. The number of nitrogens with zero attached hydrogens (tertiary/aromatic N) is 4. The van der Waals surface area contributed by atoms with E-state index in [4.69, 9.17) is 18.9 Å². The van der Waals surface area contributed by atoms with Gasteiger partial charge in [-0.15, -0.1) is 0 Å². The van der Waals surface area contributed by atoms with Crippen molar-refractivity contribution in [2.75, 3.05) is 25.1 Å². The molecule has 3 aromatic rings. The van der Waals surface area contributed by atoms with Gasteiger partial charge in [-0.05, 0) is 31.2 Å². The Hall–Kier alpha value is -3.36. The highest BCUT2D eigenvalue weighted by atomic mass is 16.6. The summed E-state index contributed by atoms with van der Waals surface area (Å²) in [6, 6.07) is 9.85. The summed E-state index contributed by atoms with van der Waals surface area (Å²) in [4.78, 5) is 25.6. The smallest absolute Gasteiger partial charge is 0.407 e. The van der Waals surface area contributed by atoms with Crippen LogP contribution in [0, 0.1) is 0 Å². The SMILES string of the molecule is O=C(NC1CCCC1OCc1ccccc1)OCC1OC(n2cnc3c(NC4CCOC4)ncnc32)C(O)C1O. The maximum atomic E-state index is 12.6. The number of ether oxygens (including phenoxy) is 4. The first-order chi connectivity index (χ1) is 19.6. The van der Waals surface area contributed by atoms with Gasteiger partial charge in [0.05, 0.1) is 37.7 Å². The van der Waals surface area contributed by atoms with Gasteiger partial charge in [-0.3, -0.25) is 4.57 Å². The van der Waals surface area contributed by atoms with Crippen molar-refractivity contribution in [2.24, 2.45) is 0 Å². The van der Waals surface area contributed by atoms with Crippen molar-refractivity contribution in [1.82, 2.24) is 24.8 Å². The molecule has 0 bridgehead atoms. The number of rotatable bonds is 9. The number of fused-ring (bicyclic) bond motifs is 1. The molecule has 7 unspecified atom stereocenters. The molecular formula is C27H34N6O7. The Morgan fingerprint density at radius 2 is 1.98 bits per heavy atom. The van der Waals surface area contributed by atoms with E-state index in [1.807, 2.05) is 30.3 Å². The molecule has 0 spiro atoms. The largest absolute Gasteiger partial charge is 0.447 e. The molecule has 2 aliphatic heterocycles. The molecule has 2 saturated heterocycles. The van der Waals surface area contributed by atoms with E-state index < -0.39 is 30.6 Å².